The van der Waals surface area contributed by atoms with Gasteiger partial charge in [-0.2, -0.15) is 0 Å². The van der Waals surface area contributed by atoms with Crippen molar-refractivity contribution in [2.75, 3.05) is 38.6 Å². The molecule has 1 saturated heterocycles. The monoisotopic (exact) mass is 415 g/mol. The first-order chi connectivity index (χ1) is 14.6. The maximum Gasteiger partial charge on any atom is 0.209 e. The number of carbonyl (C=O) groups excluding carboxylic acids is 2. The van der Waals surface area contributed by atoms with Gasteiger partial charge in [-0.05, 0) is 56.7 Å². The number of benzene rings is 1. The van der Waals surface area contributed by atoms with E-state index in [-0.39, 0.29) is 18.4 Å². The average molecular weight is 416 g/mol. The third kappa shape index (κ3) is 7.39. The third-order valence-corrected chi connectivity index (χ3v) is 5.56. The van der Waals surface area contributed by atoms with Crippen molar-refractivity contribution < 1.29 is 14.3 Å². The Bertz CT molecular complexity index is 697. The van der Waals surface area contributed by atoms with Gasteiger partial charge in [0, 0.05) is 38.4 Å². The first kappa shape index (κ1) is 23.8. The van der Waals surface area contributed by atoms with E-state index in [0.29, 0.717) is 0 Å². The zero-order valence-electron chi connectivity index (χ0n) is 18.7. The summed E-state index contributed by atoms with van der Waals surface area (Å²) in [4.78, 5) is 27.2. The summed E-state index contributed by atoms with van der Waals surface area (Å²) >= 11 is 0. The van der Waals surface area contributed by atoms with E-state index in [1.165, 1.54) is 5.56 Å². The molecule has 0 unspecified atom stereocenters. The maximum atomic E-state index is 11.7. The van der Waals surface area contributed by atoms with Crippen molar-refractivity contribution in [3.63, 3.8) is 0 Å². The number of hydrogen-bond acceptors (Lipinski definition) is 5. The Kier molecular flexibility index (Phi) is 10.3. The SMILES string of the molecule is CCCC=C(OCC(C)=O)N1CCC(N(C=O)CCCc2ccccc2NC)CC1. The van der Waals surface area contributed by atoms with Gasteiger partial charge in [-0.3, -0.25) is 9.59 Å². The van der Waals surface area contributed by atoms with Crippen molar-refractivity contribution in [2.24, 2.45) is 0 Å². The van der Waals surface area contributed by atoms with Crippen molar-refractivity contribution in [1.82, 2.24) is 9.80 Å². The molecule has 1 aliphatic heterocycles. The van der Waals surface area contributed by atoms with Gasteiger partial charge in [0.2, 0.25) is 6.41 Å². The average Bonchev–Trinajstić information content (AvgIpc) is 2.77. The Hall–Kier alpha value is -2.50. The van der Waals surface area contributed by atoms with Crippen LogP contribution < -0.4 is 5.32 Å². The number of carbonyl (C=O) groups is 2. The fraction of sp³-hybridized carbons (Fsp3) is 0.583. The van der Waals surface area contributed by atoms with Crippen LogP contribution in [0.5, 0.6) is 0 Å². The van der Waals surface area contributed by atoms with Gasteiger partial charge in [-0.1, -0.05) is 31.5 Å². The number of hydrogen-bond donors (Lipinski definition) is 1. The number of Topliss-reactive ketones (excluding diaryl/α,β-unsaturated/α-hetero) is 1. The minimum atomic E-state index is 0.0271. The smallest absolute Gasteiger partial charge is 0.209 e. The van der Waals surface area contributed by atoms with Crippen LogP contribution in [0, 0.1) is 0 Å². The molecular weight excluding hydrogens is 378 g/mol. The number of allylic oxidation sites excluding steroid dienone is 1. The van der Waals surface area contributed by atoms with E-state index >= 15 is 0 Å². The van der Waals surface area contributed by atoms with E-state index in [4.69, 9.17) is 4.74 Å². The second kappa shape index (κ2) is 12.9. The van der Waals surface area contributed by atoms with Crippen molar-refractivity contribution in [3.05, 3.63) is 41.8 Å². The molecule has 1 fully saturated rings. The molecule has 1 aromatic carbocycles. The minimum Gasteiger partial charge on any atom is -0.471 e. The van der Waals surface area contributed by atoms with Gasteiger partial charge in [-0.25, -0.2) is 0 Å². The summed E-state index contributed by atoms with van der Waals surface area (Å²) in [5.41, 5.74) is 2.44. The summed E-state index contributed by atoms with van der Waals surface area (Å²) < 4.78 is 5.75. The van der Waals surface area contributed by atoms with Crippen molar-refractivity contribution >= 4 is 17.9 Å². The van der Waals surface area contributed by atoms with Gasteiger partial charge in [0.1, 0.15) is 6.61 Å². The van der Waals surface area contributed by atoms with Crippen LogP contribution in [0.4, 0.5) is 5.69 Å². The molecule has 0 saturated carbocycles. The topological polar surface area (TPSA) is 61.9 Å². The lowest BCUT2D eigenvalue weighted by molar-refractivity contribution is -0.123. The summed E-state index contributed by atoms with van der Waals surface area (Å²) in [6, 6.07) is 8.57. The Morgan fingerprint density at radius 1 is 1.30 bits per heavy atom. The molecule has 0 radical (unpaired) electrons. The lowest BCUT2D eigenvalue weighted by atomic mass is 10.0. The number of para-hydroxylation sites is 1. The van der Waals surface area contributed by atoms with Crippen LogP contribution >= 0.6 is 0 Å². The van der Waals surface area contributed by atoms with Gasteiger partial charge in [0.15, 0.2) is 11.7 Å². The maximum absolute atomic E-state index is 11.7. The number of aryl methyl sites for hydroxylation is 1. The minimum absolute atomic E-state index is 0.0271. The molecule has 1 aromatic rings. The third-order valence-electron chi connectivity index (χ3n) is 5.56. The van der Waals surface area contributed by atoms with Crippen LogP contribution in [0.1, 0.15) is 51.5 Å². The van der Waals surface area contributed by atoms with E-state index in [0.717, 1.165) is 76.1 Å². The highest BCUT2D eigenvalue weighted by Crippen LogP contribution is 2.22. The molecule has 1 aliphatic rings. The predicted octanol–water partition coefficient (Wildman–Crippen LogP) is 3.83. The standard InChI is InChI=1S/C24H37N3O3/c1-4-5-12-24(30-18-20(2)29)26-16-13-22(14-17-26)27(19-28)15-8-10-21-9-6-7-11-23(21)25-3/h6-7,9,11-12,19,22,25H,4-5,8,10,13-18H2,1-3H3. The lowest BCUT2D eigenvalue weighted by Gasteiger charge is -2.38. The van der Waals surface area contributed by atoms with E-state index in [9.17, 15) is 9.59 Å². The highest BCUT2D eigenvalue weighted by molar-refractivity contribution is 5.76. The number of amides is 1. The quantitative estimate of drug-likeness (QED) is 0.392. The molecule has 0 spiro atoms. The number of unbranched alkanes of at least 4 members (excludes halogenated alkanes) is 1. The number of ketones is 1. The van der Waals surface area contributed by atoms with Crippen molar-refractivity contribution in [1.29, 1.82) is 0 Å². The summed E-state index contributed by atoms with van der Waals surface area (Å²) in [5.74, 6) is 0.839. The van der Waals surface area contributed by atoms with Crippen LogP contribution in [0.2, 0.25) is 0 Å². The normalized spacial score (nSPS) is 15.0. The molecule has 2 rings (SSSR count). The van der Waals surface area contributed by atoms with Gasteiger partial charge < -0.3 is 19.9 Å². The first-order valence-corrected chi connectivity index (χ1v) is 11.1. The fourth-order valence-corrected chi connectivity index (χ4v) is 3.90. The number of nitrogens with one attached hydrogen (secondary N) is 1. The van der Waals surface area contributed by atoms with Gasteiger partial charge in [-0.15, -0.1) is 0 Å². The highest BCUT2D eigenvalue weighted by atomic mass is 16.5. The van der Waals surface area contributed by atoms with E-state index in [1.807, 2.05) is 18.0 Å². The fourth-order valence-electron chi connectivity index (χ4n) is 3.90. The zero-order chi connectivity index (χ0) is 21.8. The Balaban J connectivity index is 1.85. The Morgan fingerprint density at radius 2 is 2.03 bits per heavy atom. The summed E-state index contributed by atoms with van der Waals surface area (Å²) in [6.07, 6.45) is 8.78. The van der Waals surface area contributed by atoms with Crippen LogP contribution in [0.15, 0.2) is 36.2 Å². The molecular formula is C24H37N3O3. The summed E-state index contributed by atoms with van der Waals surface area (Å²) in [5, 5.41) is 3.23. The Labute approximate surface area is 181 Å². The molecule has 6 nitrogen and oxygen atoms in total. The second-order valence-electron chi connectivity index (χ2n) is 7.89. The molecule has 30 heavy (non-hydrogen) atoms. The summed E-state index contributed by atoms with van der Waals surface area (Å²) in [7, 11) is 1.94. The largest absolute Gasteiger partial charge is 0.471 e. The van der Waals surface area contributed by atoms with Gasteiger partial charge >= 0.3 is 0 Å². The molecule has 0 aliphatic carbocycles. The first-order valence-electron chi connectivity index (χ1n) is 11.1. The summed E-state index contributed by atoms with van der Waals surface area (Å²) in [6.45, 7) is 6.23. The second-order valence-corrected chi connectivity index (χ2v) is 7.89. The van der Waals surface area contributed by atoms with E-state index in [2.05, 4.69) is 41.4 Å². The number of ether oxygens (including phenoxy) is 1. The highest BCUT2D eigenvalue weighted by Gasteiger charge is 2.25. The van der Waals surface area contributed by atoms with Gasteiger partial charge in [0.25, 0.3) is 0 Å². The molecule has 0 aromatic heterocycles. The molecule has 1 amide bonds. The van der Waals surface area contributed by atoms with Crippen molar-refractivity contribution in [3.8, 4) is 0 Å². The number of piperidine rings is 1. The predicted molar refractivity (Wildman–Crippen MR) is 121 cm³/mol. The van der Waals surface area contributed by atoms with Crippen LogP contribution in [-0.4, -0.2) is 61.3 Å². The number of rotatable bonds is 13. The molecule has 1 heterocycles. The zero-order valence-corrected chi connectivity index (χ0v) is 18.7. The number of likely N-dealkylation sites (tertiary alicyclic amines) is 1. The number of anilines is 1. The van der Waals surface area contributed by atoms with Crippen LogP contribution in [0.3, 0.4) is 0 Å². The Morgan fingerprint density at radius 3 is 2.67 bits per heavy atom. The molecule has 1 N–H and O–H groups in total. The van der Waals surface area contributed by atoms with E-state index in [1.54, 1.807) is 6.92 Å². The molecule has 6 heteroatoms. The molecule has 0 bridgehead atoms. The van der Waals surface area contributed by atoms with Crippen LogP contribution in [0.25, 0.3) is 0 Å². The van der Waals surface area contributed by atoms with Gasteiger partial charge in [0.05, 0.1) is 0 Å². The molecule has 0 atom stereocenters. The lowest BCUT2D eigenvalue weighted by Crippen LogP contribution is -2.44. The van der Waals surface area contributed by atoms with Crippen molar-refractivity contribution in [2.45, 2.75) is 58.4 Å². The van der Waals surface area contributed by atoms with E-state index < -0.39 is 0 Å². The molecule has 166 valence electrons. The van der Waals surface area contributed by atoms with Crippen LogP contribution in [-0.2, 0) is 20.7 Å². The number of nitrogens with zero attached hydrogens (tertiary/aromatic N) is 2.